The van der Waals surface area contributed by atoms with E-state index in [0.717, 1.165) is 77.7 Å². The third-order valence-electron chi connectivity index (χ3n) is 10.7. The monoisotopic (exact) mass is 704 g/mol. The zero-order valence-electron chi connectivity index (χ0n) is 32.3. The Hall–Kier alpha value is -3.74. The molecule has 0 N–H and O–H groups in total. The third kappa shape index (κ3) is 10.6. The van der Waals surface area contributed by atoms with E-state index in [2.05, 4.69) is 34.6 Å². The van der Waals surface area contributed by atoms with Crippen LogP contribution in [-0.2, 0) is 11.2 Å². The number of esters is 2. The molecular weight excluding hydrogens is 646 g/mol. The molecule has 3 atom stereocenters. The maximum Gasteiger partial charge on any atom is 0.347 e. The molecule has 0 amide bonds. The Labute approximate surface area is 304 Å². The summed E-state index contributed by atoms with van der Waals surface area (Å²) in [4.78, 5) is 25.6. The molecule has 3 unspecified atom stereocenters. The van der Waals surface area contributed by atoms with Crippen molar-refractivity contribution in [1.82, 2.24) is 0 Å². The molecule has 278 valence electrons. The Bertz CT molecular complexity index is 1700. The van der Waals surface area contributed by atoms with Gasteiger partial charge in [-0.05, 0) is 118 Å². The predicted octanol–water partition coefficient (Wildman–Crippen LogP) is 12.2. The van der Waals surface area contributed by atoms with E-state index in [0.29, 0.717) is 17.2 Å². The molecule has 1 aliphatic heterocycles. The summed E-state index contributed by atoms with van der Waals surface area (Å²) in [5, 5.41) is 0. The molecule has 1 heterocycles. The van der Waals surface area contributed by atoms with Crippen LogP contribution in [0.15, 0.2) is 36.4 Å². The second kappa shape index (κ2) is 17.7. The first-order chi connectivity index (χ1) is 24.1. The zero-order valence-corrected chi connectivity index (χ0v) is 32.3. The maximum absolute atomic E-state index is 14.7. The molecule has 0 saturated carbocycles. The molecule has 0 aromatic heterocycles. The summed E-state index contributed by atoms with van der Waals surface area (Å²) in [7, 11) is 0. The Morgan fingerprint density at radius 1 is 0.824 bits per heavy atom. The topological polar surface area (TPSA) is 61.8 Å². The normalized spacial score (nSPS) is 16.7. The first-order valence-corrected chi connectivity index (χ1v) is 18.9. The third-order valence-corrected chi connectivity index (χ3v) is 10.7. The van der Waals surface area contributed by atoms with Gasteiger partial charge in [-0.25, -0.2) is 13.6 Å². The molecule has 5 nitrogen and oxygen atoms in total. The maximum atomic E-state index is 14.7. The Morgan fingerprint density at radius 2 is 1.47 bits per heavy atom. The van der Waals surface area contributed by atoms with Gasteiger partial charge in [0, 0.05) is 24.1 Å². The minimum Gasteiger partial charge on any atom is -0.487 e. The van der Waals surface area contributed by atoms with Crippen molar-refractivity contribution in [2.24, 2.45) is 17.8 Å². The highest BCUT2D eigenvalue weighted by Gasteiger charge is 2.35. The fourth-order valence-electron chi connectivity index (χ4n) is 7.39. The van der Waals surface area contributed by atoms with Gasteiger partial charge in [-0.2, -0.15) is 0 Å². The van der Waals surface area contributed by atoms with Gasteiger partial charge in [-0.3, -0.25) is 4.79 Å². The Balaban J connectivity index is 1.43. The number of carbonyl (C=O) groups is 2. The highest BCUT2D eigenvalue weighted by Crippen LogP contribution is 2.45. The highest BCUT2D eigenvalue weighted by molar-refractivity contribution is 5.96. The molecule has 7 heteroatoms. The van der Waals surface area contributed by atoms with Gasteiger partial charge in [-0.1, -0.05) is 78.7 Å². The molecule has 1 aliphatic rings. The van der Waals surface area contributed by atoms with E-state index in [-0.39, 0.29) is 22.5 Å². The fraction of sp³-hybridized carbons (Fsp3) is 0.545. The van der Waals surface area contributed by atoms with E-state index < -0.39 is 23.6 Å². The molecule has 4 rings (SSSR count). The summed E-state index contributed by atoms with van der Waals surface area (Å²) in [5.41, 5.74) is 3.65. The van der Waals surface area contributed by atoms with Gasteiger partial charge in [0.05, 0.1) is 0 Å². The number of carbonyl (C=O) groups excluding carboxylic acids is 2. The summed E-state index contributed by atoms with van der Waals surface area (Å²) in [6, 6.07) is 7.55. The second-order valence-corrected chi connectivity index (χ2v) is 15.7. The van der Waals surface area contributed by atoms with Crippen molar-refractivity contribution in [3.05, 3.63) is 75.8 Å². The molecule has 0 aliphatic carbocycles. The van der Waals surface area contributed by atoms with Gasteiger partial charge >= 0.3 is 11.9 Å². The van der Waals surface area contributed by atoms with Crippen molar-refractivity contribution in [2.75, 3.05) is 0 Å². The number of benzene rings is 3. The number of ether oxygens (including phenoxy) is 3. The molecule has 51 heavy (non-hydrogen) atoms. The lowest BCUT2D eigenvalue weighted by Gasteiger charge is -2.38. The summed E-state index contributed by atoms with van der Waals surface area (Å²) < 4.78 is 46.4. The number of hydrogen-bond donors (Lipinski definition) is 0. The molecule has 0 bridgehead atoms. The van der Waals surface area contributed by atoms with Crippen LogP contribution in [0.1, 0.15) is 138 Å². The molecular formula is C44H58F2O5. The van der Waals surface area contributed by atoms with Crippen LogP contribution in [0.5, 0.6) is 17.2 Å². The van der Waals surface area contributed by atoms with Gasteiger partial charge in [-0.15, -0.1) is 0 Å². The van der Waals surface area contributed by atoms with Crippen LogP contribution in [0.4, 0.5) is 8.78 Å². The lowest BCUT2D eigenvalue weighted by Crippen LogP contribution is -2.37. The summed E-state index contributed by atoms with van der Waals surface area (Å²) in [6.07, 6.45) is 12.9. The predicted molar refractivity (Wildman–Crippen MR) is 201 cm³/mol. The van der Waals surface area contributed by atoms with E-state index in [1.165, 1.54) is 76.1 Å². The molecule has 0 spiro atoms. The minimum absolute atomic E-state index is 0.0103. The van der Waals surface area contributed by atoms with Gasteiger partial charge < -0.3 is 14.2 Å². The van der Waals surface area contributed by atoms with E-state index in [1.807, 2.05) is 20.8 Å². The van der Waals surface area contributed by atoms with Gasteiger partial charge in [0.1, 0.15) is 40.0 Å². The second-order valence-electron chi connectivity index (χ2n) is 15.7. The number of halogens is 2. The average Bonchev–Trinajstić information content (AvgIpc) is 3.05. The minimum atomic E-state index is -0.777. The largest absolute Gasteiger partial charge is 0.487 e. The van der Waals surface area contributed by atoms with Crippen LogP contribution in [-0.4, -0.2) is 17.5 Å². The average molecular weight is 705 g/mol. The first-order valence-electron chi connectivity index (χ1n) is 18.9. The quantitative estimate of drug-likeness (QED) is 0.110. The van der Waals surface area contributed by atoms with Crippen molar-refractivity contribution in [3.63, 3.8) is 0 Å². The van der Waals surface area contributed by atoms with Gasteiger partial charge in [0.2, 0.25) is 0 Å². The van der Waals surface area contributed by atoms with Crippen molar-refractivity contribution >= 4 is 11.9 Å². The van der Waals surface area contributed by atoms with Crippen LogP contribution < -0.4 is 14.2 Å². The molecule has 0 fully saturated rings. The number of rotatable bonds is 16. The summed E-state index contributed by atoms with van der Waals surface area (Å²) in [6.45, 7) is 18.7. The van der Waals surface area contributed by atoms with Crippen molar-refractivity contribution in [1.29, 1.82) is 0 Å². The Kier molecular flexibility index (Phi) is 13.9. The molecule has 3 aromatic carbocycles. The molecule has 0 saturated heterocycles. The molecule has 3 aromatic rings. The van der Waals surface area contributed by atoms with Crippen LogP contribution in [0, 0.1) is 50.2 Å². The van der Waals surface area contributed by atoms with Crippen LogP contribution >= 0.6 is 0 Å². The lowest BCUT2D eigenvalue weighted by molar-refractivity contribution is -0.131. The smallest absolute Gasteiger partial charge is 0.347 e. The first kappa shape index (κ1) is 40.0. The molecule has 0 radical (unpaired) electrons. The fourth-order valence-corrected chi connectivity index (χ4v) is 7.39. The van der Waals surface area contributed by atoms with Crippen molar-refractivity contribution in [2.45, 2.75) is 139 Å². The highest BCUT2D eigenvalue weighted by atomic mass is 19.1. The number of fused-ring (bicyclic) bond motifs is 1. The number of hydrogen-bond acceptors (Lipinski definition) is 5. The van der Waals surface area contributed by atoms with Crippen LogP contribution in [0.3, 0.4) is 0 Å². The summed E-state index contributed by atoms with van der Waals surface area (Å²) >= 11 is 0. The summed E-state index contributed by atoms with van der Waals surface area (Å²) in [5.74, 6) is 0.742. The van der Waals surface area contributed by atoms with E-state index >= 15 is 0 Å². The standard InChI is InChI=1S/C44H58F2O5/c1-27(2)13-10-14-28(3)15-11-16-29(4)17-12-23-44(9)24-22-36-32(7)41(30(5)31(6)42(36)51-44)50-43(48)38-25-34(18-21-40(38)49-33(8)47)37-20-19-35(45)26-39(37)46/h18-21,25-29H,10-17,22-24H2,1-9H3. The van der Waals surface area contributed by atoms with E-state index in [4.69, 9.17) is 14.2 Å². The van der Waals surface area contributed by atoms with Crippen molar-refractivity contribution in [3.8, 4) is 28.4 Å². The SMILES string of the molecule is CC(=O)Oc1ccc(-c2ccc(F)cc2F)cc1C(=O)Oc1c(C)c(C)c2c(c1C)CCC(C)(CCCC(C)CCCC(C)CCCC(C)C)O2. The van der Waals surface area contributed by atoms with Gasteiger partial charge in [0.15, 0.2) is 0 Å². The zero-order chi connectivity index (χ0) is 37.5. The van der Waals surface area contributed by atoms with Crippen LogP contribution in [0.25, 0.3) is 11.1 Å². The van der Waals surface area contributed by atoms with E-state index in [1.54, 1.807) is 0 Å². The van der Waals surface area contributed by atoms with E-state index in [9.17, 15) is 18.4 Å². The van der Waals surface area contributed by atoms with Crippen molar-refractivity contribution < 1.29 is 32.6 Å². The van der Waals surface area contributed by atoms with Crippen LogP contribution in [0.2, 0.25) is 0 Å². The van der Waals surface area contributed by atoms with Gasteiger partial charge in [0.25, 0.3) is 0 Å². The lowest BCUT2D eigenvalue weighted by atomic mass is 9.83. The Morgan fingerprint density at radius 3 is 2.10 bits per heavy atom.